The van der Waals surface area contributed by atoms with Crippen LogP contribution in [0, 0.1) is 0 Å². The zero-order chi connectivity index (χ0) is 17.9. The van der Waals surface area contributed by atoms with Crippen LogP contribution in [0.15, 0.2) is 0 Å². The van der Waals surface area contributed by atoms with Crippen molar-refractivity contribution in [2.75, 3.05) is 26.2 Å². The Morgan fingerprint density at radius 3 is 2.00 bits per heavy atom. The molecule has 2 aliphatic rings. The van der Waals surface area contributed by atoms with Crippen LogP contribution in [-0.4, -0.2) is 54.0 Å². The topological polar surface area (TPSA) is 52.7 Å². The van der Waals surface area contributed by atoms with Crippen LogP contribution in [0.4, 0.5) is 4.79 Å². The predicted octanol–water partition coefficient (Wildman–Crippen LogP) is 3.92. The van der Waals surface area contributed by atoms with Gasteiger partial charge in [0.1, 0.15) is 6.04 Å². The second-order valence-corrected chi connectivity index (χ2v) is 7.57. The smallest absolute Gasteiger partial charge is 0.312 e. The summed E-state index contributed by atoms with van der Waals surface area (Å²) in [5.41, 5.74) is 0. The Morgan fingerprint density at radius 1 is 0.880 bits per heavy atom. The van der Waals surface area contributed by atoms with Crippen molar-refractivity contribution in [1.82, 2.24) is 15.1 Å². The van der Waals surface area contributed by atoms with E-state index in [2.05, 4.69) is 12.2 Å². The maximum absolute atomic E-state index is 12.3. The molecule has 2 heterocycles. The predicted molar refractivity (Wildman–Crippen MR) is 102 cm³/mol. The first-order valence-electron chi connectivity index (χ1n) is 10.6. The highest BCUT2D eigenvalue weighted by Gasteiger charge is 2.45. The molecule has 1 unspecified atom stereocenters. The van der Waals surface area contributed by atoms with E-state index in [9.17, 15) is 9.59 Å². The van der Waals surface area contributed by atoms with Gasteiger partial charge in [-0.1, -0.05) is 77.6 Å². The number of rotatable bonds is 13. The van der Waals surface area contributed by atoms with Gasteiger partial charge in [0.25, 0.3) is 5.91 Å². The fourth-order valence-corrected chi connectivity index (χ4v) is 3.90. The van der Waals surface area contributed by atoms with Crippen LogP contribution in [0.3, 0.4) is 0 Å². The van der Waals surface area contributed by atoms with Crippen molar-refractivity contribution in [3.8, 4) is 0 Å². The molecule has 0 saturated carbocycles. The number of unbranched alkanes of at least 4 members (excludes halogenated alkanes) is 11. The zero-order valence-electron chi connectivity index (χ0n) is 16.1. The SMILES string of the molecule is CCCCCCCCCCCCCCN1C(=O)C2CNCCN2C1=O. The number of carbonyl (C=O) groups is 2. The van der Waals surface area contributed by atoms with E-state index in [1.165, 1.54) is 69.1 Å². The Balaban J connectivity index is 1.45. The van der Waals surface area contributed by atoms with Gasteiger partial charge in [-0.2, -0.15) is 0 Å². The van der Waals surface area contributed by atoms with Gasteiger partial charge in [0.2, 0.25) is 0 Å². The van der Waals surface area contributed by atoms with Gasteiger partial charge in [-0.05, 0) is 6.42 Å². The van der Waals surface area contributed by atoms with E-state index in [1.54, 1.807) is 4.90 Å². The highest BCUT2D eigenvalue weighted by Crippen LogP contribution is 2.20. The lowest BCUT2D eigenvalue weighted by Crippen LogP contribution is -2.51. The Kier molecular flexibility index (Phi) is 9.30. The summed E-state index contributed by atoms with van der Waals surface area (Å²) in [4.78, 5) is 27.8. The number of fused-ring (bicyclic) bond motifs is 1. The van der Waals surface area contributed by atoms with Crippen LogP contribution in [0.25, 0.3) is 0 Å². The second kappa shape index (κ2) is 11.5. The average molecular weight is 352 g/mol. The third-order valence-electron chi connectivity index (χ3n) is 5.51. The molecule has 1 N–H and O–H groups in total. The molecule has 5 heteroatoms. The summed E-state index contributed by atoms with van der Waals surface area (Å²) in [7, 11) is 0. The Morgan fingerprint density at radius 2 is 1.44 bits per heavy atom. The highest BCUT2D eigenvalue weighted by molar-refractivity contribution is 6.04. The second-order valence-electron chi connectivity index (χ2n) is 7.57. The van der Waals surface area contributed by atoms with Crippen molar-refractivity contribution in [1.29, 1.82) is 0 Å². The molecule has 0 spiro atoms. The summed E-state index contributed by atoms with van der Waals surface area (Å²) in [6, 6.07) is -0.321. The molecular formula is C20H37N3O2. The summed E-state index contributed by atoms with van der Waals surface area (Å²) in [5.74, 6) is 0.000253. The van der Waals surface area contributed by atoms with Crippen molar-refractivity contribution in [2.24, 2.45) is 0 Å². The van der Waals surface area contributed by atoms with Crippen LogP contribution >= 0.6 is 0 Å². The molecule has 2 saturated heterocycles. The monoisotopic (exact) mass is 351 g/mol. The molecule has 2 fully saturated rings. The minimum Gasteiger partial charge on any atom is -0.312 e. The normalized spacial score (nSPS) is 20.4. The summed E-state index contributed by atoms with van der Waals surface area (Å²) in [6.45, 7) is 4.92. The summed E-state index contributed by atoms with van der Waals surface area (Å²) < 4.78 is 0. The van der Waals surface area contributed by atoms with E-state index in [0.29, 0.717) is 19.6 Å². The first-order chi connectivity index (χ1) is 12.3. The maximum Gasteiger partial charge on any atom is 0.327 e. The third-order valence-corrected chi connectivity index (χ3v) is 5.51. The quantitative estimate of drug-likeness (QED) is 0.404. The van der Waals surface area contributed by atoms with Crippen LogP contribution in [-0.2, 0) is 4.79 Å². The molecule has 144 valence electrons. The maximum atomic E-state index is 12.3. The molecule has 2 rings (SSSR count). The standard InChI is InChI=1S/C20H37N3O2/c1-2-3-4-5-6-7-8-9-10-11-12-13-15-23-19(24)18-17-21-14-16-22(18)20(23)25/h18,21H,2-17H2,1H3. The van der Waals surface area contributed by atoms with E-state index < -0.39 is 0 Å². The fraction of sp³-hybridized carbons (Fsp3) is 0.900. The number of urea groups is 1. The van der Waals surface area contributed by atoms with Gasteiger partial charge in [-0.15, -0.1) is 0 Å². The van der Waals surface area contributed by atoms with Crippen LogP contribution in [0.1, 0.15) is 84.0 Å². The Bertz CT molecular complexity index is 390. The zero-order valence-corrected chi connectivity index (χ0v) is 16.1. The van der Waals surface area contributed by atoms with E-state index in [1.807, 2.05) is 0 Å². The Hall–Kier alpha value is -1.10. The molecule has 0 aromatic heterocycles. The minimum absolute atomic E-state index is 0.000253. The molecule has 0 aromatic rings. The molecule has 0 radical (unpaired) electrons. The largest absolute Gasteiger partial charge is 0.327 e. The number of carbonyl (C=O) groups excluding carboxylic acids is 2. The van der Waals surface area contributed by atoms with Gasteiger partial charge in [0, 0.05) is 26.2 Å². The van der Waals surface area contributed by atoms with Crippen LogP contribution in [0.2, 0.25) is 0 Å². The Labute approximate surface area is 153 Å². The van der Waals surface area contributed by atoms with Gasteiger partial charge >= 0.3 is 6.03 Å². The lowest BCUT2D eigenvalue weighted by atomic mass is 10.1. The number of nitrogens with one attached hydrogen (secondary N) is 1. The summed E-state index contributed by atoms with van der Waals surface area (Å²) in [6.07, 6.45) is 15.6. The highest BCUT2D eigenvalue weighted by atomic mass is 16.2. The summed E-state index contributed by atoms with van der Waals surface area (Å²) in [5, 5.41) is 3.20. The molecule has 2 aliphatic heterocycles. The fourth-order valence-electron chi connectivity index (χ4n) is 3.90. The molecule has 5 nitrogen and oxygen atoms in total. The van der Waals surface area contributed by atoms with Crippen LogP contribution in [0.5, 0.6) is 0 Å². The lowest BCUT2D eigenvalue weighted by molar-refractivity contribution is -0.128. The van der Waals surface area contributed by atoms with E-state index in [0.717, 1.165) is 19.4 Å². The van der Waals surface area contributed by atoms with E-state index >= 15 is 0 Å². The van der Waals surface area contributed by atoms with Gasteiger partial charge in [0.15, 0.2) is 0 Å². The van der Waals surface area contributed by atoms with Gasteiger partial charge in [-0.3, -0.25) is 9.69 Å². The molecule has 3 amide bonds. The molecule has 0 aromatic carbocycles. The number of piperazine rings is 1. The first kappa shape index (κ1) is 20.2. The van der Waals surface area contributed by atoms with Crippen molar-refractivity contribution in [2.45, 2.75) is 90.0 Å². The van der Waals surface area contributed by atoms with E-state index in [-0.39, 0.29) is 18.0 Å². The number of amides is 3. The molecular weight excluding hydrogens is 314 g/mol. The van der Waals surface area contributed by atoms with Crippen LogP contribution < -0.4 is 5.32 Å². The van der Waals surface area contributed by atoms with Crippen molar-refractivity contribution in [3.05, 3.63) is 0 Å². The molecule has 0 aliphatic carbocycles. The molecule has 1 atom stereocenters. The minimum atomic E-state index is -0.251. The van der Waals surface area contributed by atoms with Crippen molar-refractivity contribution < 1.29 is 9.59 Å². The number of hydrogen-bond donors (Lipinski definition) is 1. The van der Waals surface area contributed by atoms with Gasteiger partial charge in [0.05, 0.1) is 0 Å². The van der Waals surface area contributed by atoms with Gasteiger partial charge < -0.3 is 10.2 Å². The molecule has 25 heavy (non-hydrogen) atoms. The van der Waals surface area contributed by atoms with Gasteiger partial charge in [-0.25, -0.2) is 4.79 Å². The van der Waals surface area contributed by atoms with Crippen molar-refractivity contribution >= 4 is 11.9 Å². The first-order valence-corrected chi connectivity index (χ1v) is 10.6. The number of imide groups is 1. The number of hydrogen-bond acceptors (Lipinski definition) is 3. The third kappa shape index (κ3) is 6.28. The molecule has 0 bridgehead atoms. The lowest BCUT2D eigenvalue weighted by Gasteiger charge is -2.26. The van der Waals surface area contributed by atoms with Crippen molar-refractivity contribution in [3.63, 3.8) is 0 Å². The number of nitrogens with zero attached hydrogens (tertiary/aromatic N) is 2. The van der Waals surface area contributed by atoms with E-state index in [4.69, 9.17) is 0 Å². The summed E-state index contributed by atoms with van der Waals surface area (Å²) >= 11 is 0. The average Bonchev–Trinajstić information content (AvgIpc) is 2.87.